The third-order valence-corrected chi connectivity index (χ3v) is 3.54. The van der Waals surface area contributed by atoms with Crippen LogP contribution in [-0.4, -0.2) is 24.4 Å². The summed E-state index contributed by atoms with van der Waals surface area (Å²) in [6.07, 6.45) is 15.8. The smallest absolute Gasteiger partial charge is 0.209 e. The number of rotatable bonds is 1. The summed E-state index contributed by atoms with van der Waals surface area (Å²) in [5.41, 5.74) is 0. The minimum atomic E-state index is 0.976. The molecule has 1 aliphatic heterocycles. The van der Waals surface area contributed by atoms with E-state index in [-0.39, 0.29) is 0 Å². The maximum atomic E-state index is 10.8. The van der Waals surface area contributed by atoms with E-state index in [2.05, 4.69) is 0 Å². The predicted octanol–water partition coefficient (Wildman–Crippen LogP) is 3.75. The molecule has 1 amide bonds. The summed E-state index contributed by atoms with van der Waals surface area (Å²) < 4.78 is 0. The van der Waals surface area contributed by atoms with Gasteiger partial charge in [-0.15, -0.1) is 0 Å². The van der Waals surface area contributed by atoms with Gasteiger partial charge in [0, 0.05) is 13.1 Å². The van der Waals surface area contributed by atoms with Gasteiger partial charge in [-0.1, -0.05) is 57.8 Å². The van der Waals surface area contributed by atoms with Gasteiger partial charge in [0.25, 0.3) is 0 Å². The molecule has 0 bridgehead atoms. The Kier molecular flexibility index (Phi) is 8.19. The first-order valence-corrected chi connectivity index (χ1v) is 7.13. The summed E-state index contributed by atoms with van der Waals surface area (Å²) in [6.45, 7) is 1.95. The lowest BCUT2D eigenvalue weighted by Gasteiger charge is -2.17. The molecule has 0 spiro atoms. The van der Waals surface area contributed by atoms with E-state index in [0.29, 0.717) is 0 Å². The van der Waals surface area contributed by atoms with Crippen LogP contribution >= 0.6 is 0 Å². The second-order valence-electron chi connectivity index (χ2n) is 5.03. The molecule has 0 saturated carbocycles. The first-order valence-electron chi connectivity index (χ1n) is 7.13. The Balaban J connectivity index is 2.18. The first-order chi connectivity index (χ1) is 7.93. The molecule has 1 rings (SSSR count). The van der Waals surface area contributed by atoms with Crippen LogP contribution < -0.4 is 0 Å². The van der Waals surface area contributed by atoms with Crippen molar-refractivity contribution < 1.29 is 4.79 Å². The van der Waals surface area contributed by atoms with Gasteiger partial charge in [0.05, 0.1) is 0 Å². The van der Waals surface area contributed by atoms with Crippen molar-refractivity contribution in [1.82, 2.24) is 4.90 Å². The quantitative estimate of drug-likeness (QED) is 0.622. The van der Waals surface area contributed by atoms with Crippen LogP contribution in [0.15, 0.2) is 0 Å². The summed E-state index contributed by atoms with van der Waals surface area (Å²) >= 11 is 0. The van der Waals surface area contributed by atoms with Crippen LogP contribution in [-0.2, 0) is 4.79 Å². The molecule has 0 radical (unpaired) electrons. The highest BCUT2D eigenvalue weighted by Gasteiger charge is 2.02. The molecule has 1 fully saturated rings. The standard InChI is InChI=1S/C14H27NO/c16-14-15-12-10-8-6-4-2-1-3-5-7-9-11-13-15/h14H,1-13H2. The van der Waals surface area contributed by atoms with E-state index in [0.717, 1.165) is 19.5 Å². The Bertz CT molecular complexity index is 156. The summed E-state index contributed by atoms with van der Waals surface area (Å²) in [5, 5.41) is 0. The molecule has 16 heavy (non-hydrogen) atoms. The van der Waals surface area contributed by atoms with Gasteiger partial charge in [0.15, 0.2) is 0 Å². The topological polar surface area (TPSA) is 20.3 Å². The van der Waals surface area contributed by atoms with Gasteiger partial charge in [-0.3, -0.25) is 4.79 Å². The minimum absolute atomic E-state index is 0.976. The second kappa shape index (κ2) is 9.68. The molecule has 1 saturated heterocycles. The van der Waals surface area contributed by atoms with Gasteiger partial charge >= 0.3 is 0 Å². The average Bonchev–Trinajstić information content (AvgIpc) is 2.32. The molecule has 0 aliphatic carbocycles. The lowest BCUT2D eigenvalue weighted by molar-refractivity contribution is -0.118. The summed E-state index contributed by atoms with van der Waals surface area (Å²) in [5.74, 6) is 0. The average molecular weight is 225 g/mol. The van der Waals surface area contributed by atoms with Crippen LogP contribution in [0.25, 0.3) is 0 Å². The highest BCUT2D eigenvalue weighted by molar-refractivity contribution is 5.46. The summed E-state index contributed by atoms with van der Waals surface area (Å²) in [4.78, 5) is 12.8. The van der Waals surface area contributed by atoms with Crippen molar-refractivity contribution in [3.8, 4) is 0 Å². The zero-order valence-electron chi connectivity index (χ0n) is 10.6. The van der Waals surface area contributed by atoms with Gasteiger partial charge in [0.2, 0.25) is 6.41 Å². The third kappa shape index (κ3) is 6.86. The SMILES string of the molecule is O=CN1CCCCCCCCCCCCC1. The molecule has 1 heterocycles. The van der Waals surface area contributed by atoms with Crippen molar-refractivity contribution in [2.24, 2.45) is 0 Å². The Morgan fingerprint density at radius 1 is 0.562 bits per heavy atom. The van der Waals surface area contributed by atoms with Gasteiger partial charge < -0.3 is 4.90 Å². The van der Waals surface area contributed by atoms with E-state index in [9.17, 15) is 4.79 Å². The molecular weight excluding hydrogens is 198 g/mol. The number of hydrogen-bond donors (Lipinski definition) is 0. The molecule has 0 N–H and O–H groups in total. The van der Waals surface area contributed by atoms with Crippen LogP contribution in [0.2, 0.25) is 0 Å². The van der Waals surface area contributed by atoms with Crippen LogP contribution in [0.3, 0.4) is 0 Å². The molecule has 0 aromatic heterocycles. The lowest BCUT2D eigenvalue weighted by atomic mass is 10.0. The van der Waals surface area contributed by atoms with Crippen molar-refractivity contribution in [1.29, 1.82) is 0 Å². The summed E-state index contributed by atoms with van der Waals surface area (Å²) in [7, 11) is 0. The number of nitrogens with zero attached hydrogens (tertiary/aromatic N) is 1. The summed E-state index contributed by atoms with van der Waals surface area (Å²) in [6, 6.07) is 0. The van der Waals surface area contributed by atoms with Gasteiger partial charge in [-0.05, 0) is 12.8 Å². The van der Waals surface area contributed by atoms with Crippen LogP contribution in [0, 0.1) is 0 Å². The van der Waals surface area contributed by atoms with E-state index >= 15 is 0 Å². The van der Waals surface area contributed by atoms with Gasteiger partial charge in [-0.25, -0.2) is 0 Å². The lowest BCUT2D eigenvalue weighted by Crippen LogP contribution is -2.24. The molecular formula is C14H27NO. The van der Waals surface area contributed by atoms with Crippen LogP contribution in [0.5, 0.6) is 0 Å². The highest BCUT2D eigenvalue weighted by Crippen LogP contribution is 2.12. The van der Waals surface area contributed by atoms with E-state index in [4.69, 9.17) is 0 Å². The molecule has 0 atom stereocenters. The van der Waals surface area contributed by atoms with Crippen LogP contribution in [0.4, 0.5) is 0 Å². The maximum Gasteiger partial charge on any atom is 0.209 e. The highest BCUT2D eigenvalue weighted by atomic mass is 16.1. The molecule has 0 aromatic carbocycles. The van der Waals surface area contributed by atoms with Crippen molar-refractivity contribution in [2.45, 2.75) is 70.6 Å². The zero-order chi connectivity index (χ0) is 11.5. The normalized spacial score (nSPS) is 22.4. The Morgan fingerprint density at radius 2 is 0.875 bits per heavy atom. The fraction of sp³-hybridized carbons (Fsp3) is 0.929. The zero-order valence-corrected chi connectivity index (χ0v) is 10.6. The fourth-order valence-electron chi connectivity index (χ4n) is 2.44. The van der Waals surface area contributed by atoms with Crippen molar-refractivity contribution in [3.63, 3.8) is 0 Å². The first kappa shape index (κ1) is 13.5. The fourth-order valence-corrected chi connectivity index (χ4v) is 2.44. The number of carbonyl (C=O) groups is 1. The van der Waals surface area contributed by atoms with E-state index < -0.39 is 0 Å². The molecule has 94 valence electrons. The van der Waals surface area contributed by atoms with Crippen molar-refractivity contribution in [2.75, 3.05) is 13.1 Å². The largest absolute Gasteiger partial charge is 0.345 e. The van der Waals surface area contributed by atoms with Crippen LogP contribution in [0.1, 0.15) is 70.6 Å². The number of carbonyl (C=O) groups excluding carboxylic acids is 1. The number of hydrogen-bond acceptors (Lipinski definition) is 1. The second-order valence-corrected chi connectivity index (χ2v) is 5.03. The monoisotopic (exact) mass is 225 g/mol. The predicted molar refractivity (Wildman–Crippen MR) is 68.4 cm³/mol. The van der Waals surface area contributed by atoms with Crippen molar-refractivity contribution in [3.05, 3.63) is 0 Å². The molecule has 1 aliphatic rings. The minimum Gasteiger partial charge on any atom is -0.345 e. The molecule has 0 aromatic rings. The Labute approximate surface area is 100 Å². The van der Waals surface area contributed by atoms with E-state index in [1.165, 1.54) is 70.6 Å². The molecule has 2 nitrogen and oxygen atoms in total. The van der Waals surface area contributed by atoms with Gasteiger partial charge in [-0.2, -0.15) is 0 Å². The number of amides is 1. The van der Waals surface area contributed by atoms with Gasteiger partial charge in [0.1, 0.15) is 0 Å². The Hall–Kier alpha value is -0.530. The van der Waals surface area contributed by atoms with Crippen molar-refractivity contribution >= 4 is 6.41 Å². The molecule has 2 heteroatoms. The third-order valence-electron chi connectivity index (χ3n) is 3.54. The van der Waals surface area contributed by atoms with E-state index in [1.807, 2.05) is 4.90 Å². The Morgan fingerprint density at radius 3 is 1.19 bits per heavy atom. The van der Waals surface area contributed by atoms with E-state index in [1.54, 1.807) is 0 Å². The maximum absolute atomic E-state index is 10.8. The molecule has 0 unspecified atom stereocenters.